The van der Waals surface area contributed by atoms with Gasteiger partial charge in [-0.3, -0.25) is 4.79 Å². The third-order valence-electron chi connectivity index (χ3n) is 4.20. The molecule has 1 aliphatic rings. The van der Waals surface area contributed by atoms with Crippen LogP contribution in [0, 0.1) is 0 Å². The van der Waals surface area contributed by atoms with Crippen LogP contribution in [-0.4, -0.2) is 38.3 Å². The maximum absolute atomic E-state index is 12.8. The number of nitrogens with one attached hydrogen (secondary N) is 1. The summed E-state index contributed by atoms with van der Waals surface area (Å²) < 4.78 is 27.3. The average molecular weight is 399 g/mol. The van der Waals surface area contributed by atoms with E-state index >= 15 is 0 Å². The molecule has 0 aliphatic carbocycles. The number of hydrogen-bond acceptors (Lipinski definition) is 5. The Bertz CT molecular complexity index is 789. The number of nitrogens with zero attached hydrogens (tertiary/aromatic N) is 1. The highest BCUT2D eigenvalue weighted by Crippen LogP contribution is 2.26. The van der Waals surface area contributed by atoms with E-state index in [1.54, 1.807) is 27.8 Å². The van der Waals surface area contributed by atoms with Gasteiger partial charge in [0.05, 0.1) is 4.88 Å². The van der Waals surface area contributed by atoms with Crippen LogP contribution in [0.15, 0.2) is 33.9 Å². The molecule has 8 heteroatoms. The SMILES string of the molecule is O=C(NCCc1cccs1)c1ccc(S(=O)(=O)N2CCCCCC2)s1. The van der Waals surface area contributed by atoms with Gasteiger partial charge in [0.2, 0.25) is 0 Å². The minimum Gasteiger partial charge on any atom is -0.351 e. The third-order valence-corrected chi connectivity index (χ3v) is 8.59. The molecule has 0 saturated carbocycles. The first-order valence-corrected chi connectivity index (χ1v) is 11.6. The molecule has 0 radical (unpaired) electrons. The van der Waals surface area contributed by atoms with E-state index in [1.807, 2.05) is 17.5 Å². The van der Waals surface area contributed by atoms with Gasteiger partial charge in [-0.2, -0.15) is 4.31 Å². The van der Waals surface area contributed by atoms with Gasteiger partial charge in [0.25, 0.3) is 15.9 Å². The number of hydrogen-bond donors (Lipinski definition) is 1. The minimum absolute atomic E-state index is 0.209. The predicted molar refractivity (Wildman–Crippen MR) is 102 cm³/mol. The van der Waals surface area contributed by atoms with Gasteiger partial charge in [-0.15, -0.1) is 22.7 Å². The monoisotopic (exact) mass is 398 g/mol. The van der Waals surface area contributed by atoms with Crippen molar-refractivity contribution in [3.8, 4) is 0 Å². The van der Waals surface area contributed by atoms with Crippen LogP contribution in [0.5, 0.6) is 0 Å². The summed E-state index contributed by atoms with van der Waals surface area (Å²) in [6, 6.07) is 7.18. The molecule has 1 saturated heterocycles. The van der Waals surface area contributed by atoms with Gasteiger partial charge in [0, 0.05) is 24.5 Å². The zero-order chi connectivity index (χ0) is 17.7. The van der Waals surface area contributed by atoms with Crippen LogP contribution >= 0.6 is 22.7 Å². The molecule has 1 aliphatic heterocycles. The van der Waals surface area contributed by atoms with E-state index in [-0.39, 0.29) is 10.1 Å². The summed E-state index contributed by atoms with van der Waals surface area (Å²) in [6.07, 6.45) is 4.75. The highest BCUT2D eigenvalue weighted by atomic mass is 32.2. The summed E-state index contributed by atoms with van der Waals surface area (Å²) in [5.74, 6) is -0.209. The van der Waals surface area contributed by atoms with Crippen LogP contribution in [-0.2, 0) is 16.4 Å². The largest absolute Gasteiger partial charge is 0.351 e. The fraction of sp³-hybridized carbons (Fsp3) is 0.471. The highest BCUT2D eigenvalue weighted by Gasteiger charge is 2.27. The molecule has 0 unspecified atom stereocenters. The summed E-state index contributed by atoms with van der Waals surface area (Å²) in [5.41, 5.74) is 0. The zero-order valence-corrected chi connectivity index (χ0v) is 16.4. The lowest BCUT2D eigenvalue weighted by molar-refractivity contribution is 0.0958. The number of thiophene rings is 2. The molecule has 0 spiro atoms. The Kier molecular flexibility index (Phi) is 6.27. The van der Waals surface area contributed by atoms with Crippen LogP contribution in [0.1, 0.15) is 40.2 Å². The molecule has 136 valence electrons. The fourth-order valence-electron chi connectivity index (χ4n) is 2.83. The van der Waals surface area contributed by atoms with Crippen molar-refractivity contribution in [2.75, 3.05) is 19.6 Å². The van der Waals surface area contributed by atoms with Crippen LogP contribution < -0.4 is 5.32 Å². The van der Waals surface area contributed by atoms with Crippen molar-refractivity contribution in [3.05, 3.63) is 39.4 Å². The molecule has 2 aromatic heterocycles. The van der Waals surface area contributed by atoms with Crippen molar-refractivity contribution < 1.29 is 13.2 Å². The second-order valence-corrected chi connectivity index (χ2v) is 10.3. The van der Waals surface area contributed by atoms with Crippen molar-refractivity contribution in [2.24, 2.45) is 0 Å². The first kappa shape index (κ1) is 18.6. The summed E-state index contributed by atoms with van der Waals surface area (Å²) in [4.78, 5) is 13.9. The molecule has 25 heavy (non-hydrogen) atoms. The maximum Gasteiger partial charge on any atom is 0.261 e. The molecule has 1 amide bonds. The standard InChI is InChI=1S/C17H22N2O3S3/c20-17(18-10-9-14-6-5-13-23-14)15-7-8-16(24-15)25(21,22)19-11-3-1-2-4-12-19/h5-8,13H,1-4,9-12H2,(H,18,20). The normalized spacial score (nSPS) is 16.5. The van der Waals surface area contributed by atoms with Crippen molar-refractivity contribution >= 4 is 38.6 Å². The summed E-state index contributed by atoms with van der Waals surface area (Å²) in [5, 5.41) is 4.87. The molecule has 0 atom stereocenters. The lowest BCUT2D eigenvalue weighted by Gasteiger charge is -2.18. The Labute approximate surface area is 156 Å². The van der Waals surface area contributed by atoms with Crippen LogP contribution in [0.2, 0.25) is 0 Å². The molecule has 0 aromatic carbocycles. The van der Waals surface area contributed by atoms with Gasteiger partial charge < -0.3 is 5.32 Å². The van der Waals surface area contributed by atoms with Crippen molar-refractivity contribution in [1.29, 1.82) is 0 Å². The third kappa shape index (κ3) is 4.69. The molecule has 3 heterocycles. The van der Waals surface area contributed by atoms with E-state index in [0.29, 0.717) is 24.5 Å². The molecule has 1 fully saturated rings. The van der Waals surface area contributed by atoms with E-state index in [0.717, 1.165) is 43.4 Å². The van der Waals surface area contributed by atoms with Gasteiger partial charge in [-0.25, -0.2) is 8.42 Å². The Hall–Kier alpha value is -1.22. The second kappa shape index (κ2) is 8.44. The number of carbonyl (C=O) groups excluding carboxylic acids is 1. The van der Waals surface area contributed by atoms with Crippen molar-refractivity contribution in [2.45, 2.75) is 36.3 Å². The Morgan fingerprint density at radius 3 is 2.56 bits per heavy atom. The van der Waals surface area contributed by atoms with E-state index in [1.165, 1.54) is 4.88 Å². The summed E-state index contributed by atoms with van der Waals surface area (Å²) >= 11 is 2.72. The van der Waals surface area contributed by atoms with Crippen molar-refractivity contribution in [1.82, 2.24) is 9.62 Å². The topological polar surface area (TPSA) is 66.5 Å². The number of sulfonamides is 1. The molecule has 1 N–H and O–H groups in total. The van der Waals surface area contributed by atoms with E-state index < -0.39 is 10.0 Å². The molecule has 2 aromatic rings. The number of carbonyl (C=O) groups is 1. The van der Waals surface area contributed by atoms with Gasteiger partial charge in [0.1, 0.15) is 4.21 Å². The lowest BCUT2D eigenvalue weighted by Crippen LogP contribution is -2.31. The van der Waals surface area contributed by atoms with Gasteiger partial charge in [0.15, 0.2) is 0 Å². The van der Waals surface area contributed by atoms with Gasteiger partial charge in [-0.05, 0) is 42.8 Å². The van der Waals surface area contributed by atoms with E-state index in [4.69, 9.17) is 0 Å². The second-order valence-electron chi connectivity index (χ2n) is 6.02. The minimum atomic E-state index is -3.48. The Morgan fingerprint density at radius 2 is 1.88 bits per heavy atom. The molecular formula is C17H22N2O3S3. The quantitative estimate of drug-likeness (QED) is 0.811. The van der Waals surface area contributed by atoms with Gasteiger partial charge >= 0.3 is 0 Å². The van der Waals surface area contributed by atoms with E-state index in [2.05, 4.69) is 5.32 Å². The van der Waals surface area contributed by atoms with Crippen LogP contribution in [0.25, 0.3) is 0 Å². The van der Waals surface area contributed by atoms with Crippen LogP contribution in [0.3, 0.4) is 0 Å². The lowest BCUT2D eigenvalue weighted by atomic mass is 10.2. The zero-order valence-electron chi connectivity index (χ0n) is 13.9. The summed E-state index contributed by atoms with van der Waals surface area (Å²) in [6.45, 7) is 1.69. The molecule has 0 bridgehead atoms. The summed E-state index contributed by atoms with van der Waals surface area (Å²) in [7, 11) is -3.48. The Balaban J connectivity index is 1.61. The first-order valence-electron chi connectivity index (χ1n) is 8.48. The van der Waals surface area contributed by atoms with Gasteiger partial charge in [-0.1, -0.05) is 18.9 Å². The van der Waals surface area contributed by atoms with Crippen molar-refractivity contribution in [3.63, 3.8) is 0 Å². The Morgan fingerprint density at radius 1 is 1.12 bits per heavy atom. The highest BCUT2D eigenvalue weighted by molar-refractivity contribution is 7.91. The molecule has 5 nitrogen and oxygen atoms in total. The molecule has 3 rings (SSSR count). The molecular weight excluding hydrogens is 376 g/mol. The predicted octanol–water partition coefficient (Wildman–Crippen LogP) is 3.35. The number of amides is 1. The number of rotatable bonds is 6. The first-order chi connectivity index (χ1) is 12.1. The van der Waals surface area contributed by atoms with E-state index in [9.17, 15) is 13.2 Å². The maximum atomic E-state index is 12.8. The van der Waals surface area contributed by atoms with Crippen LogP contribution in [0.4, 0.5) is 0 Å². The average Bonchev–Trinajstić information content (AvgIpc) is 3.21. The fourth-order valence-corrected chi connectivity index (χ4v) is 6.43. The smallest absolute Gasteiger partial charge is 0.261 e.